The summed E-state index contributed by atoms with van der Waals surface area (Å²) in [4.78, 5) is 15.2. The SMILES string of the molecule is O=C(c1cn(C2CCCCC2)nn1)N1CCCC[C@H]1CCc1ccc(O)cc1. The average molecular weight is 383 g/mol. The van der Waals surface area contributed by atoms with E-state index in [1.54, 1.807) is 12.1 Å². The highest BCUT2D eigenvalue weighted by molar-refractivity contribution is 5.92. The number of carbonyl (C=O) groups is 1. The Morgan fingerprint density at radius 3 is 2.57 bits per heavy atom. The van der Waals surface area contributed by atoms with Crippen molar-refractivity contribution < 1.29 is 9.90 Å². The van der Waals surface area contributed by atoms with Gasteiger partial charge in [-0.05, 0) is 62.6 Å². The molecule has 1 amide bonds. The van der Waals surface area contributed by atoms with E-state index in [9.17, 15) is 9.90 Å². The normalized spacial score (nSPS) is 21.0. The van der Waals surface area contributed by atoms with E-state index in [4.69, 9.17) is 0 Å². The molecular weight excluding hydrogens is 352 g/mol. The number of carbonyl (C=O) groups excluding carboxylic acids is 1. The Morgan fingerprint density at radius 2 is 1.79 bits per heavy atom. The lowest BCUT2D eigenvalue weighted by Gasteiger charge is -2.35. The number of aromatic nitrogens is 3. The Kier molecular flexibility index (Phi) is 5.93. The maximum atomic E-state index is 13.1. The number of hydrogen-bond acceptors (Lipinski definition) is 4. The van der Waals surface area contributed by atoms with E-state index in [0.29, 0.717) is 17.5 Å². The fourth-order valence-electron chi connectivity index (χ4n) is 4.61. The van der Waals surface area contributed by atoms with Crippen molar-refractivity contribution in [3.8, 4) is 5.75 Å². The van der Waals surface area contributed by atoms with Gasteiger partial charge in [-0.3, -0.25) is 4.79 Å². The third kappa shape index (κ3) is 4.37. The highest BCUT2D eigenvalue weighted by Crippen LogP contribution is 2.28. The summed E-state index contributed by atoms with van der Waals surface area (Å²) in [7, 11) is 0. The van der Waals surface area contributed by atoms with Gasteiger partial charge in [-0.15, -0.1) is 5.10 Å². The first-order valence-corrected chi connectivity index (χ1v) is 10.7. The van der Waals surface area contributed by atoms with Gasteiger partial charge in [-0.25, -0.2) is 4.68 Å². The second-order valence-corrected chi connectivity index (χ2v) is 8.23. The molecule has 28 heavy (non-hydrogen) atoms. The Balaban J connectivity index is 1.41. The van der Waals surface area contributed by atoms with Crippen molar-refractivity contribution in [2.75, 3.05) is 6.54 Å². The molecule has 150 valence electrons. The van der Waals surface area contributed by atoms with Gasteiger partial charge in [0.1, 0.15) is 5.75 Å². The van der Waals surface area contributed by atoms with Crippen molar-refractivity contribution in [3.63, 3.8) is 0 Å². The average Bonchev–Trinajstić information content (AvgIpc) is 3.24. The number of aryl methyl sites for hydroxylation is 1. The summed E-state index contributed by atoms with van der Waals surface area (Å²) in [5, 5.41) is 17.9. The van der Waals surface area contributed by atoms with E-state index >= 15 is 0 Å². The van der Waals surface area contributed by atoms with Crippen LogP contribution in [0, 0.1) is 0 Å². The Bertz CT molecular complexity index is 780. The standard InChI is InChI=1S/C22H30N4O2/c27-20-13-10-17(11-14-20)9-12-18-6-4-5-15-25(18)22(28)21-16-26(24-23-21)19-7-2-1-3-8-19/h10-11,13-14,16,18-19,27H,1-9,12,15H2/t18-/m0/s1. The van der Waals surface area contributed by atoms with Gasteiger partial charge in [0, 0.05) is 12.6 Å². The van der Waals surface area contributed by atoms with Gasteiger partial charge in [-0.1, -0.05) is 36.6 Å². The van der Waals surface area contributed by atoms with Gasteiger partial charge in [0.25, 0.3) is 5.91 Å². The van der Waals surface area contributed by atoms with Crippen LogP contribution in [0.1, 0.15) is 79.9 Å². The Labute approximate surface area is 166 Å². The summed E-state index contributed by atoms with van der Waals surface area (Å²) < 4.78 is 1.92. The minimum absolute atomic E-state index is 0.0254. The van der Waals surface area contributed by atoms with Crippen LogP contribution in [0.2, 0.25) is 0 Å². The third-order valence-electron chi connectivity index (χ3n) is 6.27. The molecule has 2 aliphatic rings. The van der Waals surface area contributed by atoms with Crippen LogP contribution in [0.4, 0.5) is 0 Å². The fourth-order valence-corrected chi connectivity index (χ4v) is 4.61. The molecule has 6 nitrogen and oxygen atoms in total. The number of phenolic OH excluding ortho intramolecular Hbond substituents is 1. The van der Waals surface area contributed by atoms with Crippen molar-refractivity contribution in [1.82, 2.24) is 19.9 Å². The number of piperidine rings is 1. The molecule has 1 N–H and O–H groups in total. The Morgan fingerprint density at radius 1 is 1.04 bits per heavy atom. The van der Waals surface area contributed by atoms with Gasteiger partial charge in [-0.2, -0.15) is 0 Å². The number of nitrogens with zero attached hydrogens (tertiary/aromatic N) is 4. The number of aromatic hydroxyl groups is 1. The summed E-state index contributed by atoms with van der Waals surface area (Å²) in [5.41, 5.74) is 1.68. The second-order valence-electron chi connectivity index (χ2n) is 8.23. The van der Waals surface area contributed by atoms with Gasteiger partial charge in [0.2, 0.25) is 0 Å². The van der Waals surface area contributed by atoms with Crippen LogP contribution in [0.15, 0.2) is 30.5 Å². The van der Waals surface area contributed by atoms with Crippen LogP contribution >= 0.6 is 0 Å². The zero-order valence-corrected chi connectivity index (χ0v) is 16.5. The molecule has 0 unspecified atom stereocenters. The lowest BCUT2D eigenvalue weighted by Crippen LogP contribution is -2.44. The summed E-state index contributed by atoms with van der Waals surface area (Å²) in [6.45, 7) is 0.801. The number of phenols is 1. The Hall–Kier alpha value is -2.37. The van der Waals surface area contributed by atoms with Crippen LogP contribution in [0.3, 0.4) is 0 Å². The molecule has 0 spiro atoms. The molecule has 0 bridgehead atoms. The van der Waals surface area contributed by atoms with Gasteiger partial charge in [0.05, 0.1) is 12.2 Å². The van der Waals surface area contributed by atoms with Gasteiger partial charge in [0.15, 0.2) is 5.69 Å². The van der Waals surface area contributed by atoms with Crippen molar-refractivity contribution >= 4 is 5.91 Å². The molecule has 2 aromatic rings. The molecule has 1 saturated heterocycles. The first-order valence-electron chi connectivity index (χ1n) is 10.7. The second kappa shape index (κ2) is 8.76. The van der Waals surface area contributed by atoms with Crippen LogP contribution in [-0.4, -0.2) is 43.5 Å². The molecule has 2 fully saturated rings. The molecule has 1 aromatic carbocycles. The lowest BCUT2D eigenvalue weighted by molar-refractivity contribution is 0.0595. The molecule has 1 aromatic heterocycles. The minimum atomic E-state index is 0.0254. The topological polar surface area (TPSA) is 71.2 Å². The molecule has 1 aliphatic heterocycles. The highest BCUT2D eigenvalue weighted by atomic mass is 16.3. The number of likely N-dealkylation sites (tertiary alicyclic amines) is 1. The summed E-state index contributed by atoms with van der Waals surface area (Å²) in [6.07, 6.45) is 13.0. The third-order valence-corrected chi connectivity index (χ3v) is 6.27. The molecule has 0 radical (unpaired) electrons. The molecular formula is C22H30N4O2. The maximum absolute atomic E-state index is 13.1. The van der Waals surface area contributed by atoms with Crippen molar-refractivity contribution in [2.24, 2.45) is 0 Å². The number of benzene rings is 1. The van der Waals surface area contributed by atoms with E-state index in [2.05, 4.69) is 10.3 Å². The minimum Gasteiger partial charge on any atom is -0.508 e. The maximum Gasteiger partial charge on any atom is 0.276 e. The largest absolute Gasteiger partial charge is 0.508 e. The first-order chi connectivity index (χ1) is 13.7. The molecule has 1 saturated carbocycles. The van der Waals surface area contributed by atoms with Gasteiger partial charge < -0.3 is 10.0 Å². The first kappa shape index (κ1) is 19.0. The van der Waals surface area contributed by atoms with Crippen LogP contribution < -0.4 is 0 Å². The molecule has 1 atom stereocenters. The fraction of sp³-hybridized carbons (Fsp3) is 0.591. The number of hydrogen-bond donors (Lipinski definition) is 1. The van der Waals surface area contributed by atoms with E-state index < -0.39 is 0 Å². The molecule has 6 heteroatoms. The quantitative estimate of drug-likeness (QED) is 0.844. The predicted molar refractivity (Wildman–Crippen MR) is 107 cm³/mol. The van der Waals surface area contributed by atoms with E-state index in [-0.39, 0.29) is 11.9 Å². The number of rotatable bonds is 5. The zero-order chi connectivity index (χ0) is 19.3. The molecule has 1 aliphatic carbocycles. The van der Waals surface area contributed by atoms with E-state index in [0.717, 1.165) is 45.1 Å². The van der Waals surface area contributed by atoms with Crippen molar-refractivity contribution in [3.05, 3.63) is 41.7 Å². The van der Waals surface area contributed by atoms with Gasteiger partial charge >= 0.3 is 0 Å². The smallest absolute Gasteiger partial charge is 0.276 e. The summed E-state index contributed by atoms with van der Waals surface area (Å²) in [6, 6.07) is 8.01. The van der Waals surface area contributed by atoms with Crippen LogP contribution in [0.5, 0.6) is 5.75 Å². The lowest BCUT2D eigenvalue weighted by atomic mass is 9.95. The highest BCUT2D eigenvalue weighted by Gasteiger charge is 2.29. The van der Waals surface area contributed by atoms with Crippen LogP contribution in [-0.2, 0) is 6.42 Å². The molecule has 4 rings (SSSR count). The molecule has 2 heterocycles. The number of amides is 1. The monoisotopic (exact) mass is 382 g/mol. The predicted octanol–water partition coefficient (Wildman–Crippen LogP) is 4.12. The van der Waals surface area contributed by atoms with E-state index in [1.165, 1.54) is 31.2 Å². The zero-order valence-electron chi connectivity index (χ0n) is 16.5. The van der Waals surface area contributed by atoms with Crippen molar-refractivity contribution in [1.29, 1.82) is 0 Å². The van der Waals surface area contributed by atoms with E-state index in [1.807, 2.05) is 27.9 Å². The van der Waals surface area contributed by atoms with Crippen LogP contribution in [0.25, 0.3) is 0 Å². The summed E-state index contributed by atoms with van der Waals surface area (Å²) in [5.74, 6) is 0.316. The van der Waals surface area contributed by atoms with Crippen molar-refractivity contribution in [2.45, 2.75) is 76.3 Å². The summed E-state index contributed by atoms with van der Waals surface area (Å²) >= 11 is 0.